The third-order valence-electron chi connectivity index (χ3n) is 6.23. The van der Waals surface area contributed by atoms with Crippen LogP contribution in [0.25, 0.3) is 0 Å². The van der Waals surface area contributed by atoms with Crippen LogP contribution in [0.3, 0.4) is 0 Å². The van der Waals surface area contributed by atoms with Gasteiger partial charge in [-0.2, -0.15) is 0 Å². The predicted octanol–water partition coefficient (Wildman–Crippen LogP) is 1.67. The van der Waals surface area contributed by atoms with Gasteiger partial charge in [0.15, 0.2) is 11.5 Å². The van der Waals surface area contributed by atoms with Gasteiger partial charge in [0, 0.05) is 24.9 Å². The summed E-state index contributed by atoms with van der Waals surface area (Å²) in [6, 6.07) is 4.23. The van der Waals surface area contributed by atoms with Crippen LogP contribution in [0.1, 0.15) is 30.9 Å². The van der Waals surface area contributed by atoms with Crippen molar-refractivity contribution in [1.29, 1.82) is 0 Å². The zero-order valence-corrected chi connectivity index (χ0v) is 14.0. The third-order valence-corrected chi connectivity index (χ3v) is 6.23. The summed E-state index contributed by atoms with van der Waals surface area (Å²) in [7, 11) is 3.32. The van der Waals surface area contributed by atoms with Crippen molar-refractivity contribution in [3.8, 4) is 11.5 Å². The van der Waals surface area contributed by atoms with E-state index in [1.54, 1.807) is 14.2 Å². The number of carbonyl (C=O) groups is 1. The topological polar surface area (TPSA) is 64.8 Å². The number of fused-ring (bicyclic) bond motifs is 1. The van der Waals surface area contributed by atoms with Crippen molar-refractivity contribution >= 4 is 5.91 Å². The van der Waals surface area contributed by atoms with Gasteiger partial charge in [0.05, 0.1) is 19.8 Å². The third kappa shape index (κ3) is 1.74. The van der Waals surface area contributed by atoms with Gasteiger partial charge < -0.3 is 20.1 Å². The van der Waals surface area contributed by atoms with Crippen LogP contribution < -0.4 is 15.2 Å². The zero-order chi connectivity index (χ0) is 16.4. The lowest BCUT2D eigenvalue weighted by Crippen LogP contribution is -2.50. The van der Waals surface area contributed by atoms with Gasteiger partial charge >= 0.3 is 0 Å². The van der Waals surface area contributed by atoms with Gasteiger partial charge in [-0.3, -0.25) is 4.79 Å². The number of ether oxygens (including phenoxy) is 2. The molecule has 2 N–H and O–H groups in total. The van der Waals surface area contributed by atoms with Crippen molar-refractivity contribution in [1.82, 2.24) is 4.90 Å². The summed E-state index contributed by atoms with van der Waals surface area (Å²) in [4.78, 5) is 14.7. The van der Waals surface area contributed by atoms with Gasteiger partial charge in [0.1, 0.15) is 0 Å². The smallest absolute Gasteiger partial charge is 0.223 e. The first-order chi connectivity index (χ1) is 11.0. The van der Waals surface area contributed by atoms with Crippen molar-refractivity contribution in [2.24, 2.45) is 17.6 Å². The van der Waals surface area contributed by atoms with E-state index in [4.69, 9.17) is 15.2 Å². The molecular weight excluding hydrogens is 292 g/mol. The summed E-state index contributed by atoms with van der Waals surface area (Å²) >= 11 is 0. The lowest BCUT2D eigenvalue weighted by atomic mass is 9.75. The van der Waals surface area contributed by atoms with Crippen molar-refractivity contribution in [3.05, 3.63) is 23.3 Å². The van der Waals surface area contributed by atoms with Crippen LogP contribution in [0.15, 0.2) is 12.1 Å². The lowest BCUT2D eigenvalue weighted by Gasteiger charge is -2.44. The Bertz CT molecular complexity index is 674. The maximum absolute atomic E-state index is 12.6. The van der Waals surface area contributed by atoms with E-state index < -0.39 is 0 Å². The first kappa shape index (κ1) is 14.8. The molecule has 3 aliphatic rings. The van der Waals surface area contributed by atoms with E-state index in [0.29, 0.717) is 12.3 Å². The average Bonchev–Trinajstić information content (AvgIpc) is 2.97. The quantitative estimate of drug-likeness (QED) is 0.901. The van der Waals surface area contributed by atoms with Crippen LogP contribution in [0, 0.1) is 11.8 Å². The number of hydrogen-bond donors (Lipinski definition) is 1. The maximum Gasteiger partial charge on any atom is 0.223 e. The summed E-state index contributed by atoms with van der Waals surface area (Å²) < 4.78 is 11.0. The molecule has 1 spiro atoms. The number of amides is 1. The zero-order valence-electron chi connectivity index (χ0n) is 14.0. The highest BCUT2D eigenvalue weighted by Crippen LogP contribution is 2.58. The molecule has 4 unspecified atom stereocenters. The van der Waals surface area contributed by atoms with Crippen LogP contribution in [-0.2, 0) is 16.8 Å². The van der Waals surface area contributed by atoms with Crippen LogP contribution in [0.4, 0.5) is 0 Å². The Kier molecular flexibility index (Phi) is 3.14. The molecule has 2 aliphatic heterocycles. The Labute approximate surface area is 136 Å². The van der Waals surface area contributed by atoms with E-state index in [1.165, 1.54) is 11.1 Å². The van der Waals surface area contributed by atoms with Gasteiger partial charge in [-0.25, -0.2) is 0 Å². The molecule has 0 bridgehead atoms. The minimum atomic E-state index is -0.247. The molecule has 1 aliphatic carbocycles. The minimum absolute atomic E-state index is 0.0722. The van der Waals surface area contributed by atoms with E-state index in [1.807, 2.05) is 0 Å². The summed E-state index contributed by atoms with van der Waals surface area (Å²) in [6.07, 6.45) is 2.37. The molecule has 2 fully saturated rings. The number of carbonyl (C=O) groups excluding carboxylic acids is 1. The maximum atomic E-state index is 12.6. The SMILES string of the molecule is COc1cc2c(cc1OC)C13CC(C)C(N)C1CC(=O)N3CC2. The number of nitrogens with zero attached hydrogens (tertiary/aromatic N) is 1. The summed E-state index contributed by atoms with van der Waals surface area (Å²) in [5, 5.41) is 0. The van der Waals surface area contributed by atoms with Gasteiger partial charge in [-0.05, 0) is 42.0 Å². The molecule has 1 saturated heterocycles. The number of methoxy groups -OCH3 is 2. The Balaban J connectivity index is 1.93. The Morgan fingerprint density at radius 1 is 1.26 bits per heavy atom. The highest BCUT2D eigenvalue weighted by Gasteiger charge is 2.62. The second-order valence-electron chi connectivity index (χ2n) is 7.15. The van der Waals surface area contributed by atoms with E-state index in [0.717, 1.165) is 30.9 Å². The van der Waals surface area contributed by atoms with Crippen molar-refractivity contribution in [2.45, 2.75) is 37.8 Å². The average molecular weight is 316 g/mol. The van der Waals surface area contributed by atoms with Gasteiger partial charge in [-0.1, -0.05) is 6.92 Å². The van der Waals surface area contributed by atoms with Crippen LogP contribution in [0.5, 0.6) is 11.5 Å². The van der Waals surface area contributed by atoms with Gasteiger partial charge in [-0.15, -0.1) is 0 Å². The molecular formula is C18H24N2O3. The van der Waals surface area contributed by atoms with Crippen molar-refractivity contribution in [3.63, 3.8) is 0 Å². The summed E-state index contributed by atoms with van der Waals surface area (Å²) in [5.74, 6) is 2.34. The molecule has 5 nitrogen and oxygen atoms in total. The largest absolute Gasteiger partial charge is 0.493 e. The Morgan fingerprint density at radius 2 is 1.96 bits per heavy atom. The number of hydrogen-bond acceptors (Lipinski definition) is 4. The van der Waals surface area contributed by atoms with E-state index in [9.17, 15) is 4.79 Å². The molecule has 0 aromatic heterocycles. The van der Waals surface area contributed by atoms with E-state index in [-0.39, 0.29) is 23.4 Å². The first-order valence-electron chi connectivity index (χ1n) is 8.34. The normalized spacial score (nSPS) is 34.9. The Morgan fingerprint density at radius 3 is 2.65 bits per heavy atom. The second kappa shape index (κ2) is 4.87. The highest BCUT2D eigenvalue weighted by molar-refractivity contribution is 5.82. The monoisotopic (exact) mass is 316 g/mol. The molecule has 4 atom stereocenters. The fourth-order valence-corrected chi connectivity index (χ4v) is 5.17. The van der Waals surface area contributed by atoms with Gasteiger partial charge in [0.25, 0.3) is 0 Å². The second-order valence-corrected chi connectivity index (χ2v) is 7.15. The molecule has 1 aromatic carbocycles. The molecule has 23 heavy (non-hydrogen) atoms. The molecule has 4 rings (SSSR count). The van der Waals surface area contributed by atoms with Crippen molar-refractivity contribution < 1.29 is 14.3 Å². The number of nitrogens with two attached hydrogens (primary N) is 1. The van der Waals surface area contributed by atoms with E-state index >= 15 is 0 Å². The van der Waals surface area contributed by atoms with Crippen molar-refractivity contribution in [2.75, 3.05) is 20.8 Å². The van der Waals surface area contributed by atoms with Crippen LogP contribution in [-0.4, -0.2) is 37.6 Å². The lowest BCUT2D eigenvalue weighted by molar-refractivity contribution is -0.132. The number of benzene rings is 1. The Hall–Kier alpha value is -1.75. The van der Waals surface area contributed by atoms with Crippen LogP contribution >= 0.6 is 0 Å². The van der Waals surface area contributed by atoms with Gasteiger partial charge in [0.2, 0.25) is 5.91 Å². The molecule has 124 valence electrons. The molecule has 1 saturated carbocycles. The molecule has 1 amide bonds. The summed E-state index contributed by atoms with van der Waals surface area (Å²) in [5.41, 5.74) is 8.71. The highest BCUT2D eigenvalue weighted by atomic mass is 16.5. The molecule has 5 heteroatoms. The van der Waals surface area contributed by atoms with Crippen LogP contribution in [0.2, 0.25) is 0 Å². The fraction of sp³-hybridized carbons (Fsp3) is 0.611. The fourth-order valence-electron chi connectivity index (χ4n) is 5.17. The molecule has 2 heterocycles. The molecule has 1 aromatic rings. The van der Waals surface area contributed by atoms with E-state index in [2.05, 4.69) is 24.0 Å². The number of rotatable bonds is 2. The summed E-state index contributed by atoms with van der Waals surface area (Å²) in [6.45, 7) is 2.98. The predicted molar refractivity (Wildman–Crippen MR) is 86.5 cm³/mol. The minimum Gasteiger partial charge on any atom is -0.493 e. The first-order valence-corrected chi connectivity index (χ1v) is 8.34. The molecule has 0 radical (unpaired) electrons. The standard InChI is InChI=1S/C18H24N2O3/c1-10-9-18-12-7-15(23-3)14(22-2)6-11(12)4-5-20(18)16(21)8-13(18)17(10)19/h6-7,10,13,17H,4-5,8-9,19H2,1-3H3.